The molecular formula is C24H23ClNO3+. The zero-order valence-electron chi connectivity index (χ0n) is 16.5. The quantitative estimate of drug-likeness (QED) is 0.664. The number of methoxy groups -OCH3 is 2. The van der Waals surface area contributed by atoms with Gasteiger partial charge >= 0.3 is 0 Å². The van der Waals surface area contributed by atoms with E-state index in [4.69, 9.17) is 21.1 Å². The lowest BCUT2D eigenvalue weighted by molar-refractivity contribution is -0.471. The Morgan fingerprint density at radius 2 is 1.93 bits per heavy atom. The van der Waals surface area contributed by atoms with Gasteiger partial charge in [-0.15, -0.1) is 0 Å². The van der Waals surface area contributed by atoms with Crippen molar-refractivity contribution in [2.45, 2.75) is 19.4 Å². The fraction of sp³-hybridized carbons (Fsp3) is 0.250. The van der Waals surface area contributed by atoms with Crippen molar-refractivity contribution in [3.05, 3.63) is 82.0 Å². The van der Waals surface area contributed by atoms with Crippen molar-refractivity contribution < 1.29 is 18.8 Å². The molecule has 1 unspecified atom stereocenters. The number of hydrogen-bond acceptors (Lipinski definition) is 3. The van der Waals surface area contributed by atoms with Gasteiger partial charge in [0.15, 0.2) is 30.0 Å². The van der Waals surface area contributed by atoms with E-state index >= 15 is 0 Å². The van der Waals surface area contributed by atoms with Crippen molar-refractivity contribution >= 4 is 23.6 Å². The third-order valence-corrected chi connectivity index (χ3v) is 5.79. The molecule has 0 bridgehead atoms. The van der Waals surface area contributed by atoms with Gasteiger partial charge < -0.3 is 9.47 Å². The minimum absolute atomic E-state index is 0.139. The molecule has 0 radical (unpaired) electrons. The number of nitrogens with zero attached hydrogens (tertiary/aromatic N) is 1. The number of hydrogen-bond donors (Lipinski definition) is 0. The van der Waals surface area contributed by atoms with Crippen molar-refractivity contribution in [3.63, 3.8) is 0 Å². The molecular weight excluding hydrogens is 386 g/mol. The first kappa shape index (κ1) is 19.5. The molecule has 0 saturated heterocycles. The summed E-state index contributed by atoms with van der Waals surface area (Å²) in [6.45, 7) is 0.733. The molecule has 148 valence electrons. The third kappa shape index (κ3) is 3.99. The van der Waals surface area contributed by atoms with Gasteiger partial charge in [0.25, 0.3) is 0 Å². The Labute approximate surface area is 175 Å². The number of benzene rings is 2. The number of ether oxygens (including phenoxy) is 2. The molecule has 0 amide bonds. The molecule has 29 heavy (non-hydrogen) atoms. The number of fused-ring (bicyclic) bond motifs is 1. The first-order valence-electron chi connectivity index (χ1n) is 9.59. The average Bonchev–Trinajstić information content (AvgIpc) is 3.04. The Hall–Kier alpha value is -2.85. The predicted molar refractivity (Wildman–Crippen MR) is 114 cm³/mol. The van der Waals surface area contributed by atoms with Gasteiger partial charge in [0.1, 0.15) is 6.21 Å². The molecule has 2 aromatic rings. The van der Waals surface area contributed by atoms with Gasteiger partial charge in [-0.25, -0.2) is 4.58 Å². The van der Waals surface area contributed by atoms with E-state index in [2.05, 4.69) is 22.9 Å². The highest BCUT2D eigenvalue weighted by atomic mass is 35.5. The predicted octanol–water partition coefficient (Wildman–Crippen LogP) is 4.84. The number of halogens is 1. The van der Waals surface area contributed by atoms with E-state index in [1.165, 1.54) is 0 Å². The normalized spacial score (nSPS) is 19.3. The van der Waals surface area contributed by atoms with Crippen molar-refractivity contribution in [2.24, 2.45) is 5.92 Å². The highest BCUT2D eigenvalue weighted by molar-refractivity contribution is 6.31. The van der Waals surface area contributed by atoms with Gasteiger partial charge in [-0.2, -0.15) is 0 Å². The van der Waals surface area contributed by atoms with E-state index in [1.807, 2.05) is 36.5 Å². The largest absolute Gasteiger partial charge is 0.493 e. The van der Waals surface area contributed by atoms with E-state index in [0.29, 0.717) is 17.9 Å². The molecule has 1 aliphatic heterocycles. The number of carbonyl (C=O) groups excluding carboxylic acids is 1. The van der Waals surface area contributed by atoms with Gasteiger partial charge in [-0.1, -0.05) is 35.9 Å². The van der Waals surface area contributed by atoms with Gasteiger partial charge in [-0.3, -0.25) is 4.79 Å². The van der Waals surface area contributed by atoms with Crippen LogP contribution >= 0.6 is 11.6 Å². The summed E-state index contributed by atoms with van der Waals surface area (Å²) in [5.74, 6) is 1.24. The molecule has 1 heterocycles. The topological polar surface area (TPSA) is 38.5 Å². The molecule has 4 nitrogen and oxygen atoms in total. The fourth-order valence-corrected chi connectivity index (χ4v) is 4.04. The molecule has 2 aromatic carbocycles. The summed E-state index contributed by atoms with van der Waals surface area (Å²) in [6.07, 6.45) is 9.81. The number of allylic oxidation sites excluding steroid dienone is 3. The maximum Gasteiger partial charge on any atom is 0.174 e. The lowest BCUT2D eigenvalue weighted by Crippen LogP contribution is -2.12. The highest BCUT2D eigenvalue weighted by Crippen LogP contribution is 2.37. The SMILES string of the molecule is COc1cc2c(cc1OC)C(=O)C(C=C1C=C[N+](Cc3ccccc3Cl)=CC1)C2. The summed E-state index contributed by atoms with van der Waals surface area (Å²) in [7, 11) is 3.19. The Morgan fingerprint density at radius 1 is 1.17 bits per heavy atom. The van der Waals surface area contributed by atoms with E-state index in [1.54, 1.807) is 20.3 Å². The molecule has 0 aromatic heterocycles. The first-order chi connectivity index (χ1) is 14.1. The zero-order chi connectivity index (χ0) is 20.4. The van der Waals surface area contributed by atoms with Crippen molar-refractivity contribution in [2.75, 3.05) is 14.2 Å². The maximum atomic E-state index is 12.9. The molecule has 1 aliphatic carbocycles. The zero-order valence-corrected chi connectivity index (χ0v) is 17.3. The van der Waals surface area contributed by atoms with Crippen LogP contribution < -0.4 is 9.47 Å². The van der Waals surface area contributed by atoms with Crippen LogP contribution in [0.1, 0.15) is 27.9 Å². The molecule has 0 spiro atoms. The summed E-state index contributed by atoms with van der Waals surface area (Å²) in [5.41, 5.74) is 3.98. The second-order valence-electron chi connectivity index (χ2n) is 7.25. The van der Waals surface area contributed by atoms with E-state index in [9.17, 15) is 4.79 Å². The molecule has 1 atom stereocenters. The van der Waals surface area contributed by atoms with E-state index < -0.39 is 0 Å². The second kappa shape index (κ2) is 8.26. The van der Waals surface area contributed by atoms with Crippen LogP contribution in [0.3, 0.4) is 0 Å². The summed E-state index contributed by atoms with van der Waals surface area (Å²) >= 11 is 6.26. The number of ketones is 1. The van der Waals surface area contributed by atoms with E-state index in [0.717, 1.165) is 40.3 Å². The number of rotatable bonds is 5. The Balaban J connectivity index is 1.47. The van der Waals surface area contributed by atoms with Crippen LogP contribution in [0, 0.1) is 5.92 Å². The highest BCUT2D eigenvalue weighted by Gasteiger charge is 2.31. The standard InChI is InChI=1S/C24H23ClNO3/c1-28-22-13-18-12-19(24(27)20(18)14-23(22)29-2)11-16-7-9-26(10-8-16)15-17-5-3-4-6-21(17)25/h3-7,9-11,13-14,19H,8,12,15H2,1-2H3/q+1. The Kier molecular flexibility index (Phi) is 5.54. The number of carbonyl (C=O) groups is 1. The van der Waals surface area contributed by atoms with Crippen LogP contribution in [0.15, 0.2) is 60.3 Å². The van der Waals surface area contributed by atoms with Gasteiger partial charge in [0.2, 0.25) is 0 Å². The lowest BCUT2D eigenvalue weighted by atomic mass is 9.99. The van der Waals surface area contributed by atoms with Gasteiger partial charge in [0, 0.05) is 23.1 Å². The smallest absolute Gasteiger partial charge is 0.174 e. The number of Topliss-reactive ketones (excluding diaryl/α,β-unsaturated/α-hetero) is 1. The minimum Gasteiger partial charge on any atom is -0.493 e. The van der Waals surface area contributed by atoms with E-state index in [-0.39, 0.29) is 11.7 Å². The Morgan fingerprint density at radius 3 is 2.62 bits per heavy atom. The van der Waals surface area contributed by atoms with Crippen LogP contribution in [-0.4, -0.2) is 30.8 Å². The molecule has 5 heteroatoms. The molecule has 4 rings (SSSR count). The molecule has 0 fully saturated rings. The van der Waals surface area contributed by atoms with Gasteiger partial charge in [-0.05, 0) is 35.8 Å². The summed E-state index contributed by atoms with van der Waals surface area (Å²) in [6, 6.07) is 11.6. The summed E-state index contributed by atoms with van der Waals surface area (Å²) < 4.78 is 12.8. The third-order valence-electron chi connectivity index (χ3n) is 5.42. The monoisotopic (exact) mass is 408 g/mol. The van der Waals surface area contributed by atoms with Crippen LogP contribution in [0.25, 0.3) is 0 Å². The maximum absolute atomic E-state index is 12.9. The minimum atomic E-state index is -0.148. The second-order valence-corrected chi connectivity index (χ2v) is 7.65. The van der Waals surface area contributed by atoms with Crippen LogP contribution in [0.2, 0.25) is 5.02 Å². The van der Waals surface area contributed by atoms with Gasteiger partial charge in [0.05, 0.1) is 25.7 Å². The van der Waals surface area contributed by atoms with Crippen molar-refractivity contribution in [1.82, 2.24) is 0 Å². The molecule has 2 aliphatic rings. The summed E-state index contributed by atoms with van der Waals surface area (Å²) in [4.78, 5) is 12.9. The van der Waals surface area contributed by atoms with Crippen molar-refractivity contribution in [3.8, 4) is 11.5 Å². The van der Waals surface area contributed by atoms with Crippen LogP contribution in [0.5, 0.6) is 11.5 Å². The lowest BCUT2D eigenvalue weighted by Gasteiger charge is -2.09. The molecule has 0 N–H and O–H groups in total. The molecule has 0 saturated carbocycles. The summed E-state index contributed by atoms with van der Waals surface area (Å²) in [5, 5.41) is 0.774. The average molecular weight is 409 g/mol. The Bertz CT molecular complexity index is 1050. The van der Waals surface area contributed by atoms with Crippen LogP contribution in [0.4, 0.5) is 0 Å². The van der Waals surface area contributed by atoms with Crippen molar-refractivity contribution in [1.29, 1.82) is 0 Å². The fourth-order valence-electron chi connectivity index (χ4n) is 3.85. The van der Waals surface area contributed by atoms with Crippen LogP contribution in [-0.2, 0) is 13.0 Å². The first-order valence-corrected chi connectivity index (χ1v) is 9.97.